The Hall–Kier alpha value is -2.54. The lowest BCUT2D eigenvalue weighted by Gasteiger charge is -2.13. The largest absolute Gasteiger partial charge is 0.495 e. The standard InChI is InChI=1S/C17H19NO5S/c1-11-6-5-7-16(12(11)2)23-24(20,21)14-8-9-15(18-13(3)19)17(10-14)22-4/h5-10H,1-4H3,(H,18,19). The average Bonchev–Trinajstić information content (AvgIpc) is 2.51. The van der Waals surface area contributed by atoms with Crippen LogP contribution in [0.5, 0.6) is 11.5 Å². The van der Waals surface area contributed by atoms with Crippen molar-refractivity contribution in [3.05, 3.63) is 47.5 Å². The van der Waals surface area contributed by atoms with Gasteiger partial charge in [0.2, 0.25) is 5.91 Å². The minimum absolute atomic E-state index is 0.0608. The molecule has 0 fully saturated rings. The number of amides is 1. The van der Waals surface area contributed by atoms with Gasteiger partial charge in [-0.2, -0.15) is 8.42 Å². The van der Waals surface area contributed by atoms with E-state index in [1.807, 2.05) is 13.0 Å². The smallest absolute Gasteiger partial charge is 0.339 e. The van der Waals surface area contributed by atoms with Gasteiger partial charge in [-0.1, -0.05) is 12.1 Å². The molecule has 0 aliphatic rings. The highest BCUT2D eigenvalue weighted by molar-refractivity contribution is 7.87. The van der Waals surface area contributed by atoms with Crippen LogP contribution in [0.4, 0.5) is 5.69 Å². The van der Waals surface area contributed by atoms with Crippen LogP contribution < -0.4 is 14.2 Å². The SMILES string of the molecule is COc1cc(S(=O)(=O)Oc2cccc(C)c2C)ccc1NC(C)=O. The monoisotopic (exact) mass is 349 g/mol. The van der Waals surface area contributed by atoms with Crippen LogP contribution in [-0.4, -0.2) is 21.4 Å². The summed E-state index contributed by atoms with van der Waals surface area (Å²) in [7, 11) is -2.63. The molecule has 1 N–H and O–H groups in total. The molecule has 2 aromatic rings. The number of carbonyl (C=O) groups excluding carboxylic acids is 1. The Kier molecular flexibility index (Phi) is 5.14. The summed E-state index contributed by atoms with van der Waals surface area (Å²) < 4.78 is 35.4. The molecule has 0 radical (unpaired) electrons. The highest BCUT2D eigenvalue weighted by Crippen LogP contribution is 2.30. The molecule has 2 rings (SSSR count). The molecule has 6 nitrogen and oxygen atoms in total. The van der Waals surface area contributed by atoms with Gasteiger partial charge in [-0.3, -0.25) is 4.79 Å². The number of carbonyl (C=O) groups is 1. The molecule has 0 spiro atoms. The molecule has 0 aliphatic heterocycles. The highest BCUT2D eigenvalue weighted by atomic mass is 32.2. The summed E-state index contributed by atoms with van der Waals surface area (Å²) >= 11 is 0. The van der Waals surface area contributed by atoms with Crippen molar-refractivity contribution in [2.45, 2.75) is 25.7 Å². The fourth-order valence-electron chi connectivity index (χ4n) is 2.10. The van der Waals surface area contributed by atoms with Crippen LogP contribution in [0.15, 0.2) is 41.3 Å². The second-order valence-corrected chi connectivity index (χ2v) is 6.83. The van der Waals surface area contributed by atoms with Crippen LogP contribution in [0.25, 0.3) is 0 Å². The third kappa shape index (κ3) is 3.86. The molecule has 24 heavy (non-hydrogen) atoms. The van der Waals surface area contributed by atoms with Gasteiger partial charge in [0.1, 0.15) is 16.4 Å². The number of hydrogen-bond donors (Lipinski definition) is 1. The lowest BCUT2D eigenvalue weighted by molar-refractivity contribution is -0.114. The number of anilines is 1. The number of hydrogen-bond acceptors (Lipinski definition) is 5. The molecule has 0 saturated carbocycles. The maximum atomic E-state index is 12.5. The molecule has 0 unspecified atom stereocenters. The summed E-state index contributed by atoms with van der Waals surface area (Å²) in [5, 5.41) is 2.57. The first-order chi connectivity index (χ1) is 11.2. The summed E-state index contributed by atoms with van der Waals surface area (Å²) in [6.07, 6.45) is 0. The van der Waals surface area contributed by atoms with Crippen LogP contribution in [0.2, 0.25) is 0 Å². The summed E-state index contributed by atoms with van der Waals surface area (Å²) in [5.74, 6) is 0.228. The lowest BCUT2D eigenvalue weighted by atomic mass is 10.1. The second kappa shape index (κ2) is 6.92. The Balaban J connectivity index is 2.39. The van der Waals surface area contributed by atoms with Gasteiger partial charge in [0, 0.05) is 13.0 Å². The van der Waals surface area contributed by atoms with Crippen molar-refractivity contribution in [3.63, 3.8) is 0 Å². The van der Waals surface area contributed by atoms with E-state index in [9.17, 15) is 13.2 Å². The summed E-state index contributed by atoms with van der Waals surface area (Å²) in [4.78, 5) is 11.1. The lowest BCUT2D eigenvalue weighted by Crippen LogP contribution is -2.12. The third-order valence-corrected chi connectivity index (χ3v) is 4.76. The predicted octanol–water partition coefficient (Wildman–Crippen LogP) is 3.04. The topological polar surface area (TPSA) is 81.7 Å². The molecule has 1 amide bonds. The van der Waals surface area contributed by atoms with E-state index in [0.29, 0.717) is 5.69 Å². The quantitative estimate of drug-likeness (QED) is 0.839. The second-order valence-electron chi connectivity index (χ2n) is 5.28. The molecule has 2 aromatic carbocycles. The van der Waals surface area contributed by atoms with Gasteiger partial charge in [0.05, 0.1) is 12.8 Å². The van der Waals surface area contributed by atoms with E-state index in [1.165, 1.54) is 32.2 Å². The van der Waals surface area contributed by atoms with Gasteiger partial charge < -0.3 is 14.2 Å². The first-order valence-electron chi connectivity index (χ1n) is 7.21. The molecule has 0 aromatic heterocycles. The van der Waals surface area contributed by atoms with Crippen molar-refractivity contribution in [2.75, 3.05) is 12.4 Å². The van der Waals surface area contributed by atoms with Crippen molar-refractivity contribution >= 4 is 21.7 Å². The number of methoxy groups -OCH3 is 1. The summed E-state index contributed by atoms with van der Waals surface area (Å²) in [6.45, 7) is 5.02. The van der Waals surface area contributed by atoms with Gasteiger partial charge in [-0.05, 0) is 43.2 Å². The Labute approximate surface area is 141 Å². The van der Waals surface area contributed by atoms with Gasteiger partial charge >= 0.3 is 10.1 Å². The van der Waals surface area contributed by atoms with Crippen LogP contribution in [-0.2, 0) is 14.9 Å². The predicted molar refractivity (Wildman–Crippen MR) is 91.0 cm³/mol. The maximum absolute atomic E-state index is 12.5. The zero-order chi connectivity index (χ0) is 17.9. The third-order valence-electron chi connectivity index (χ3n) is 3.53. The first-order valence-corrected chi connectivity index (χ1v) is 8.62. The van der Waals surface area contributed by atoms with E-state index in [0.717, 1.165) is 11.1 Å². The van der Waals surface area contributed by atoms with Crippen molar-refractivity contribution in [1.29, 1.82) is 0 Å². The van der Waals surface area contributed by atoms with Gasteiger partial charge in [0.15, 0.2) is 0 Å². The molecular formula is C17H19NO5S. The molecule has 0 atom stereocenters. The van der Waals surface area contributed by atoms with Crippen LogP contribution in [0.1, 0.15) is 18.1 Å². The van der Waals surface area contributed by atoms with E-state index >= 15 is 0 Å². The molecule has 7 heteroatoms. The van der Waals surface area contributed by atoms with E-state index in [1.54, 1.807) is 19.1 Å². The van der Waals surface area contributed by atoms with Crippen LogP contribution in [0, 0.1) is 13.8 Å². The average molecular weight is 349 g/mol. The van der Waals surface area contributed by atoms with Crippen molar-refractivity contribution in [2.24, 2.45) is 0 Å². The number of ether oxygens (including phenoxy) is 1. The molecule has 128 valence electrons. The van der Waals surface area contributed by atoms with Crippen molar-refractivity contribution < 1.29 is 22.1 Å². The van der Waals surface area contributed by atoms with Crippen molar-refractivity contribution in [1.82, 2.24) is 0 Å². The van der Waals surface area contributed by atoms with Gasteiger partial charge in [-0.15, -0.1) is 0 Å². The van der Waals surface area contributed by atoms with Crippen molar-refractivity contribution in [3.8, 4) is 11.5 Å². The number of aryl methyl sites for hydroxylation is 1. The highest BCUT2D eigenvalue weighted by Gasteiger charge is 2.20. The first kappa shape index (κ1) is 17.8. The Bertz CT molecular complexity index is 875. The minimum Gasteiger partial charge on any atom is -0.495 e. The maximum Gasteiger partial charge on any atom is 0.339 e. The fraction of sp³-hybridized carbons (Fsp3) is 0.235. The fourth-order valence-corrected chi connectivity index (χ4v) is 3.10. The molecule has 0 saturated heterocycles. The minimum atomic E-state index is -4.02. The number of nitrogens with one attached hydrogen (secondary N) is 1. The Morgan fingerprint density at radius 2 is 1.79 bits per heavy atom. The Morgan fingerprint density at radius 1 is 1.08 bits per heavy atom. The zero-order valence-corrected chi connectivity index (χ0v) is 14.7. The summed E-state index contributed by atoms with van der Waals surface area (Å²) in [6, 6.07) is 9.33. The normalized spacial score (nSPS) is 11.0. The molecule has 0 heterocycles. The van der Waals surface area contributed by atoms with Gasteiger partial charge in [0.25, 0.3) is 0 Å². The van der Waals surface area contributed by atoms with E-state index in [-0.39, 0.29) is 22.3 Å². The van der Waals surface area contributed by atoms with Gasteiger partial charge in [-0.25, -0.2) is 0 Å². The zero-order valence-electron chi connectivity index (χ0n) is 13.9. The van der Waals surface area contributed by atoms with Crippen LogP contribution in [0.3, 0.4) is 0 Å². The van der Waals surface area contributed by atoms with Crippen LogP contribution >= 0.6 is 0 Å². The van der Waals surface area contributed by atoms with E-state index in [2.05, 4.69) is 5.32 Å². The number of benzene rings is 2. The molecule has 0 aliphatic carbocycles. The number of rotatable bonds is 5. The Morgan fingerprint density at radius 3 is 2.42 bits per heavy atom. The summed E-state index contributed by atoms with van der Waals surface area (Å²) in [5.41, 5.74) is 2.07. The molecular weight excluding hydrogens is 330 g/mol. The van der Waals surface area contributed by atoms with E-state index in [4.69, 9.17) is 8.92 Å². The van der Waals surface area contributed by atoms with E-state index < -0.39 is 10.1 Å². The molecule has 0 bridgehead atoms.